The van der Waals surface area contributed by atoms with Gasteiger partial charge in [-0.05, 0) is 25.8 Å². The topological polar surface area (TPSA) is 117 Å². The van der Waals surface area contributed by atoms with E-state index in [0.717, 1.165) is 25.7 Å². The fourth-order valence-electron chi connectivity index (χ4n) is 2.61. The van der Waals surface area contributed by atoms with Crippen LogP contribution in [0.1, 0.15) is 50.2 Å². The van der Waals surface area contributed by atoms with Crippen LogP contribution in [0.4, 0.5) is 5.82 Å². The normalized spacial score (nSPS) is 16.1. The summed E-state index contributed by atoms with van der Waals surface area (Å²) in [7, 11) is 0. The average Bonchev–Trinajstić information content (AvgIpc) is 2.56. The molecule has 1 fully saturated rings. The Balaban J connectivity index is 2.06. The zero-order valence-electron chi connectivity index (χ0n) is 13.1. The lowest BCUT2D eigenvalue weighted by atomic mass is 9.95. The zero-order chi connectivity index (χ0) is 16.8. The van der Waals surface area contributed by atoms with Crippen LogP contribution in [0.5, 0.6) is 0 Å². The molecule has 1 saturated carbocycles. The first kappa shape index (κ1) is 17.1. The highest BCUT2D eigenvalue weighted by Gasteiger charge is 2.23. The van der Waals surface area contributed by atoms with Crippen molar-refractivity contribution < 1.29 is 9.78 Å². The fourth-order valence-corrected chi connectivity index (χ4v) is 3.54. The second kappa shape index (κ2) is 7.85. The molecule has 1 aliphatic carbocycles. The quantitative estimate of drug-likeness (QED) is 0.816. The third-order valence-electron chi connectivity index (χ3n) is 3.93. The number of H-pyrrole nitrogens is 1. The van der Waals surface area contributed by atoms with E-state index in [2.05, 4.69) is 10.3 Å². The summed E-state index contributed by atoms with van der Waals surface area (Å²) in [5, 5.41) is 21.4. The lowest BCUT2D eigenvalue weighted by Gasteiger charge is -2.24. The second-order valence-electron chi connectivity index (χ2n) is 5.67. The van der Waals surface area contributed by atoms with Crippen LogP contribution in [0, 0.1) is 22.7 Å². The van der Waals surface area contributed by atoms with Gasteiger partial charge in [-0.2, -0.15) is 10.5 Å². The van der Waals surface area contributed by atoms with Crippen molar-refractivity contribution in [1.82, 2.24) is 5.32 Å². The van der Waals surface area contributed by atoms with E-state index in [0.29, 0.717) is 10.6 Å². The van der Waals surface area contributed by atoms with Crippen LogP contribution < -0.4 is 16.0 Å². The van der Waals surface area contributed by atoms with Gasteiger partial charge >= 0.3 is 0 Å². The van der Waals surface area contributed by atoms with Crippen molar-refractivity contribution in [2.24, 2.45) is 0 Å². The van der Waals surface area contributed by atoms with Crippen LogP contribution in [0.3, 0.4) is 0 Å². The third-order valence-corrected chi connectivity index (χ3v) is 5.05. The SMILES string of the molecule is C[C@@H](Sc1[nH+]c(N)c(C#N)cc1C#N)C(=O)NC1CCCCC1. The van der Waals surface area contributed by atoms with Gasteiger partial charge in [-0.15, -0.1) is 0 Å². The monoisotopic (exact) mass is 330 g/mol. The molecule has 4 N–H and O–H groups in total. The van der Waals surface area contributed by atoms with Crippen molar-refractivity contribution in [1.29, 1.82) is 10.5 Å². The Morgan fingerprint density at radius 1 is 1.35 bits per heavy atom. The van der Waals surface area contributed by atoms with Crippen LogP contribution in [0.25, 0.3) is 0 Å². The van der Waals surface area contributed by atoms with Gasteiger partial charge in [0, 0.05) is 6.04 Å². The third kappa shape index (κ3) is 4.37. The molecule has 1 heterocycles. The number of pyridine rings is 1. The molecule has 1 aromatic rings. The smallest absolute Gasteiger partial charge is 0.289 e. The summed E-state index contributed by atoms with van der Waals surface area (Å²) < 4.78 is 0. The molecule has 0 spiro atoms. The molecule has 0 saturated heterocycles. The molecular weight excluding hydrogens is 310 g/mol. The summed E-state index contributed by atoms with van der Waals surface area (Å²) in [6, 6.07) is 5.66. The van der Waals surface area contributed by atoms with Gasteiger partial charge in [0.25, 0.3) is 5.82 Å². The average molecular weight is 330 g/mol. The predicted octanol–water partition coefficient (Wildman–Crippen LogP) is 1.76. The number of aromatic amines is 1. The van der Waals surface area contributed by atoms with Gasteiger partial charge in [0.05, 0.1) is 5.25 Å². The van der Waals surface area contributed by atoms with E-state index in [1.54, 1.807) is 6.92 Å². The van der Waals surface area contributed by atoms with Crippen LogP contribution in [0.2, 0.25) is 0 Å². The van der Waals surface area contributed by atoms with Crippen molar-refractivity contribution in [3.05, 3.63) is 17.2 Å². The number of nitriles is 2. The number of hydrogen-bond donors (Lipinski definition) is 2. The highest BCUT2D eigenvalue weighted by Crippen LogP contribution is 2.25. The Morgan fingerprint density at radius 2 is 2.00 bits per heavy atom. The van der Waals surface area contributed by atoms with Crippen LogP contribution >= 0.6 is 11.8 Å². The molecule has 1 atom stereocenters. The van der Waals surface area contributed by atoms with Gasteiger partial charge in [0.2, 0.25) is 5.91 Å². The highest BCUT2D eigenvalue weighted by atomic mass is 32.2. The van der Waals surface area contributed by atoms with E-state index in [4.69, 9.17) is 11.0 Å². The lowest BCUT2D eigenvalue weighted by Crippen LogP contribution is -2.40. The van der Waals surface area contributed by atoms with Crippen LogP contribution in [-0.4, -0.2) is 17.2 Å². The standard InChI is InChI=1S/C16H19N5OS/c1-10(15(22)20-13-5-3-2-4-6-13)23-16-12(9-18)7-11(8-17)14(19)21-16/h7,10,13H,2-6H2,1H3,(H2,19,21)(H,20,22)/p+1/t10-/m1/s1. The minimum atomic E-state index is -0.354. The molecule has 0 aromatic carbocycles. The maximum Gasteiger partial charge on any atom is 0.289 e. The van der Waals surface area contributed by atoms with Gasteiger partial charge in [0.15, 0.2) is 5.03 Å². The maximum absolute atomic E-state index is 12.3. The molecular formula is C16H20N5OS+. The minimum Gasteiger partial charge on any atom is -0.352 e. The summed E-state index contributed by atoms with van der Waals surface area (Å²) in [4.78, 5) is 15.2. The van der Waals surface area contributed by atoms with Crippen LogP contribution in [0.15, 0.2) is 11.1 Å². The summed E-state index contributed by atoms with van der Waals surface area (Å²) in [6.07, 6.45) is 5.61. The summed E-state index contributed by atoms with van der Waals surface area (Å²) in [5.74, 6) is 0.163. The molecule has 120 valence electrons. The van der Waals surface area contributed by atoms with E-state index in [1.165, 1.54) is 24.2 Å². The van der Waals surface area contributed by atoms with E-state index < -0.39 is 0 Å². The van der Waals surface area contributed by atoms with Crippen molar-refractivity contribution in [2.75, 3.05) is 5.73 Å². The number of aromatic nitrogens is 1. The molecule has 1 aromatic heterocycles. The number of hydrogen-bond acceptors (Lipinski definition) is 5. The van der Waals surface area contributed by atoms with Gasteiger partial charge in [-0.25, -0.2) is 4.98 Å². The number of nitrogens with two attached hydrogens (primary N) is 1. The van der Waals surface area contributed by atoms with E-state index in [1.807, 2.05) is 12.1 Å². The Hall–Kier alpha value is -2.25. The Bertz CT molecular complexity index is 670. The lowest BCUT2D eigenvalue weighted by molar-refractivity contribution is -0.410. The summed E-state index contributed by atoms with van der Waals surface area (Å²) in [5.41, 5.74) is 6.30. The molecule has 0 aliphatic heterocycles. The first-order chi connectivity index (χ1) is 11.0. The maximum atomic E-state index is 12.3. The van der Waals surface area contributed by atoms with E-state index in [-0.39, 0.29) is 28.6 Å². The number of amides is 1. The summed E-state index contributed by atoms with van der Waals surface area (Å²) in [6.45, 7) is 1.80. The van der Waals surface area contributed by atoms with Crippen LogP contribution in [-0.2, 0) is 4.79 Å². The number of nitrogens with zero attached hydrogens (tertiary/aromatic N) is 2. The van der Waals surface area contributed by atoms with E-state index in [9.17, 15) is 10.1 Å². The minimum absolute atomic E-state index is 0.0397. The van der Waals surface area contributed by atoms with Gasteiger partial charge < -0.3 is 5.32 Å². The van der Waals surface area contributed by atoms with Gasteiger partial charge in [0.1, 0.15) is 23.3 Å². The van der Waals surface area contributed by atoms with E-state index >= 15 is 0 Å². The fraction of sp³-hybridized carbons (Fsp3) is 0.500. The van der Waals surface area contributed by atoms with Crippen molar-refractivity contribution in [3.63, 3.8) is 0 Å². The molecule has 1 aliphatic rings. The molecule has 0 bridgehead atoms. The number of thioether (sulfide) groups is 1. The Labute approximate surface area is 140 Å². The highest BCUT2D eigenvalue weighted by molar-refractivity contribution is 8.00. The Morgan fingerprint density at radius 3 is 2.61 bits per heavy atom. The first-order valence-electron chi connectivity index (χ1n) is 7.68. The molecule has 1 amide bonds. The number of anilines is 1. The van der Waals surface area contributed by atoms with Crippen molar-refractivity contribution >= 4 is 23.5 Å². The molecule has 6 nitrogen and oxygen atoms in total. The predicted molar refractivity (Wildman–Crippen MR) is 87.2 cm³/mol. The van der Waals surface area contributed by atoms with Gasteiger partial charge in [-0.3, -0.25) is 10.5 Å². The first-order valence-corrected chi connectivity index (χ1v) is 8.56. The van der Waals surface area contributed by atoms with Crippen molar-refractivity contribution in [2.45, 2.75) is 55.3 Å². The number of nitrogen functional groups attached to an aromatic ring is 1. The Kier molecular flexibility index (Phi) is 5.84. The number of carbonyl (C=O) groups is 1. The molecule has 23 heavy (non-hydrogen) atoms. The molecule has 7 heteroatoms. The number of nitrogens with one attached hydrogen (secondary N) is 2. The molecule has 2 rings (SSSR count). The largest absolute Gasteiger partial charge is 0.352 e. The van der Waals surface area contributed by atoms with Gasteiger partial charge in [-0.1, -0.05) is 31.0 Å². The summed E-state index contributed by atoms with van der Waals surface area (Å²) >= 11 is 1.25. The second-order valence-corrected chi connectivity index (χ2v) is 7.02. The molecule has 0 radical (unpaired) electrons. The van der Waals surface area contributed by atoms with Crippen molar-refractivity contribution in [3.8, 4) is 12.1 Å². The number of rotatable bonds is 4. The zero-order valence-corrected chi connectivity index (χ0v) is 13.9. The number of carbonyl (C=O) groups excluding carboxylic acids is 1. The molecule has 0 unspecified atom stereocenters.